The number of benzene rings is 1. The molecule has 0 bridgehead atoms. The molecule has 0 radical (unpaired) electrons. The van der Waals surface area contributed by atoms with Crippen LogP contribution in [0.25, 0.3) is 10.8 Å². The summed E-state index contributed by atoms with van der Waals surface area (Å²) < 4.78 is 19.4. The van der Waals surface area contributed by atoms with E-state index in [2.05, 4.69) is 10.3 Å². The van der Waals surface area contributed by atoms with E-state index in [1.165, 1.54) is 12.1 Å². The first-order valence-corrected chi connectivity index (χ1v) is 11.3. The van der Waals surface area contributed by atoms with Gasteiger partial charge in [-0.05, 0) is 70.2 Å². The van der Waals surface area contributed by atoms with Crippen molar-refractivity contribution in [3.05, 3.63) is 46.9 Å². The summed E-state index contributed by atoms with van der Waals surface area (Å²) in [7, 11) is 0. The minimum atomic E-state index is -0.507. The normalized spacial score (nSPS) is 15.3. The van der Waals surface area contributed by atoms with Crippen LogP contribution in [0.15, 0.2) is 30.5 Å². The number of nitrogens with zero attached hydrogens (tertiary/aromatic N) is 3. The summed E-state index contributed by atoms with van der Waals surface area (Å²) in [4.78, 5) is 24.5. The Morgan fingerprint density at radius 2 is 2.00 bits per heavy atom. The van der Waals surface area contributed by atoms with Crippen LogP contribution in [0.4, 0.5) is 20.1 Å². The second-order valence-electron chi connectivity index (χ2n) is 8.90. The highest BCUT2D eigenvalue weighted by molar-refractivity contribution is 7.15. The van der Waals surface area contributed by atoms with Crippen LogP contribution in [0, 0.1) is 12.7 Å². The number of halogens is 1. The van der Waals surface area contributed by atoms with Gasteiger partial charge in [0.1, 0.15) is 17.2 Å². The average Bonchev–Trinajstić information content (AvgIpc) is 3.11. The molecule has 4 rings (SSSR count). The van der Waals surface area contributed by atoms with E-state index in [0.717, 1.165) is 39.3 Å². The van der Waals surface area contributed by atoms with Crippen molar-refractivity contribution in [3.63, 3.8) is 0 Å². The molecule has 0 aliphatic carbocycles. The number of nitrogens with one attached hydrogen (secondary N) is 1. The summed E-state index contributed by atoms with van der Waals surface area (Å²) in [5.74, 6) is 0.585. The number of pyridine rings is 1. The number of aromatic nitrogens is 2. The molecule has 6 nitrogen and oxygen atoms in total. The maximum atomic E-state index is 13.9. The number of thiazole rings is 1. The fourth-order valence-corrected chi connectivity index (χ4v) is 4.42. The highest BCUT2D eigenvalue weighted by atomic mass is 32.1. The smallest absolute Gasteiger partial charge is 0.410 e. The van der Waals surface area contributed by atoms with Gasteiger partial charge in [0, 0.05) is 41.2 Å². The lowest BCUT2D eigenvalue weighted by Crippen LogP contribution is -2.41. The van der Waals surface area contributed by atoms with E-state index in [9.17, 15) is 9.18 Å². The number of aryl methyl sites for hydroxylation is 1. The van der Waals surface area contributed by atoms with Crippen LogP contribution in [0.1, 0.15) is 50.1 Å². The molecule has 0 spiro atoms. The van der Waals surface area contributed by atoms with Crippen molar-refractivity contribution >= 4 is 39.2 Å². The van der Waals surface area contributed by atoms with E-state index in [0.29, 0.717) is 18.9 Å². The Kier molecular flexibility index (Phi) is 5.83. The Labute approximate surface area is 185 Å². The first kappa shape index (κ1) is 21.5. The number of hydrogen-bond acceptors (Lipinski definition) is 6. The SMILES string of the molecule is Cc1cnc(Nc2nc(C3CCN(C(=O)OC(C)(C)C)CC3)cc3cc(F)ccc23)s1. The van der Waals surface area contributed by atoms with Gasteiger partial charge in [-0.1, -0.05) is 0 Å². The van der Waals surface area contributed by atoms with E-state index in [4.69, 9.17) is 9.72 Å². The predicted octanol–water partition coefficient (Wildman–Crippen LogP) is 6.00. The van der Waals surface area contributed by atoms with Crippen molar-refractivity contribution in [3.8, 4) is 0 Å². The van der Waals surface area contributed by atoms with Crippen LogP contribution in [0.3, 0.4) is 0 Å². The lowest BCUT2D eigenvalue weighted by Gasteiger charge is -2.33. The number of amides is 1. The van der Waals surface area contributed by atoms with Gasteiger partial charge in [-0.2, -0.15) is 0 Å². The van der Waals surface area contributed by atoms with Crippen molar-refractivity contribution in [2.75, 3.05) is 18.4 Å². The third kappa shape index (κ3) is 5.12. The zero-order valence-corrected chi connectivity index (χ0v) is 19.1. The van der Waals surface area contributed by atoms with Crippen molar-refractivity contribution in [2.24, 2.45) is 0 Å². The van der Waals surface area contributed by atoms with Crippen LogP contribution in [-0.2, 0) is 4.74 Å². The topological polar surface area (TPSA) is 67.4 Å². The minimum Gasteiger partial charge on any atom is -0.444 e. The van der Waals surface area contributed by atoms with Gasteiger partial charge >= 0.3 is 6.09 Å². The van der Waals surface area contributed by atoms with Crippen LogP contribution >= 0.6 is 11.3 Å². The molecule has 0 saturated carbocycles. The third-order valence-electron chi connectivity index (χ3n) is 5.22. The second kappa shape index (κ2) is 8.42. The van der Waals surface area contributed by atoms with Crippen LogP contribution < -0.4 is 5.32 Å². The molecular formula is C23H27FN4O2S. The van der Waals surface area contributed by atoms with Gasteiger partial charge in [0.2, 0.25) is 0 Å². The molecule has 3 heterocycles. The average molecular weight is 443 g/mol. The molecular weight excluding hydrogens is 415 g/mol. The van der Waals surface area contributed by atoms with Gasteiger partial charge in [-0.15, -0.1) is 11.3 Å². The molecule has 1 aromatic carbocycles. The van der Waals surface area contributed by atoms with Crippen molar-refractivity contribution in [2.45, 2.75) is 52.1 Å². The van der Waals surface area contributed by atoms with Gasteiger partial charge in [-0.25, -0.2) is 19.2 Å². The van der Waals surface area contributed by atoms with E-state index in [1.807, 2.05) is 40.0 Å². The third-order valence-corrected chi connectivity index (χ3v) is 6.05. The zero-order valence-electron chi connectivity index (χ0n) is 18.2. The summed E-state index contributed by atoms with van der Waals surface area (Å²) >= 11 is 1.55. The number of ether oxygens (including phenoxy) is 1. The minimum absolute atomic E-state index is 0.185. The number of likely N-dealkylation sites (tertiary alicyclic amines) is 1. The maximum Gasteiger partial charge on any atom is 0.410 e. The fourth-order valence-electron chi connectivity index (χ4n) is 3.75. The van der Waals surface area contributed by atoms with Crippen LogP contribution in [-0.4, -0.2) is 39.7 Å². The molecule has 1 saturated heterocycles. The standard InChI is InChI=1S/C23H27FN4O2S/c1-14-13-25-21(31-14)27-20-18-6-5-17(24)11-16(18)12-19(26-20)15-7-9-28(10-8-15)22(29)30-23(2,3)4/h5-6,11-13,15H,7-10H2,1-4H3,(H,25,26,27). The maximum absolute atomic E-state index is 13.9. The molecule has 2 aromatic heterocycles. The zero-order chi connectivity index (χ0) is 22.2. The Morgan fingerprint density at radius 1 is 1.26 bits per heavy atom. The summed E-state index contributed by atoms with van der Waals surface area (Å²) in [6.07, 6.45) is 3.09. The molecule has 1 aliphatic rings. The first-order chi connectivity index (χ1) is 14.7. The molecule has 0 atom stereocenters. The second-order valence-corrected chi connectivity index (χ2v) is 10.1. The Morgan fingerprint density at radius 3 is 2.65 bits per heavy atom. The Balaban J connectivity index is 1.57. The quantitative estimate of drug-likeness (QED) is 0.539. The van der Waals surface area contributed by atoms with Crippen LogP contribution in [0.5, 0.6) is 0 Å². The number of hydrogen-bond donors (Lipinski definition) is 1. The van der Waals surface area contributed by atoms with Crippen LogP contribution in [0.2, 0.25) is 0 Å². The van der Waals surface area contributed by atoms with E-state index in [-0.39, 0.29) is 17.8 Å². The number of fused-ring (bicyclic) bond motifs is 1. The number of rotatable bonds is 3. The highest BCUT2D eigenvalue weighted by Gasteiger charge is 2.28. The van der Waals surface area contributed by atoms with Gasteiger partial charge in [0.25, 0.3) is 0 Å². The Bertz CT molecular complexity index is 1100. The largest absolute Gasteiger partial charge is 0.444 e. The van der Waals surface area contributed by atoms with E-state index in [1.54, 1.807) is 22.3 Å². The number of piperidine rings is 1. The van der Waals surface area contributed by atoms with Gasteiger partial charge in [0.05, 0.1) is 0 Å². The number of carbonyl (C=O) groups excluding carboxylic acids is 1. The molecule has 8 heteroatoms. The lowest BCUT2D eigenvalue weighted by atomic mass is 9.92. The van der Waals surface area contributed by atoms with Crippen molar-refractivity contribution in [1.29, 1.82) is 0 Å². The van der Waals surface area contributed by atoms with Gasteiger partial charge in [-0.3, -0.25) is 0 Å². The predicted molar refractivity (Wildman–Crippen MR) is 122 cm³/mol. The van der Waals surface area contributed by atoms with E-state index < -0.39 is 5.60 Å². The molecule has 1 aliphatic heterocycles. The molecule has 1 amide bonds. The molecule has 3 aromatic rings. The fraction of sp³-hybridized carbons (Fsp3) is 0.435. The van der Waals surface area contributed by atoms with Gasteiger partial charge < -0.3 is 15.0 Å². The summed E-state index contributed by atoms with van der Waals surface area (Å²) in [6, 6.07) is 6.69. The van der Waals surface area contributed by atoms with Crippen molar-refractivity contribution in [1.82, 2.24) is 14.9 Å². The summed E-state index contributed by atoms with van der Waals surface area (Å²) in [5, 5.41) is 5.72. The monoisotopic (exact) mass is 442 g/mol. The summed E-state index contributed by atoms with van der Waals surface area (Å²) in [5.41, 5.74) is 0.393. The number of anilines is 2. The molecule has 1 N–H and O–H groups in total. The van der Waals surface area contributed by atoms with E-state index >= 15 is 0 Å². The number of carbonyl (C=O) groups is 1. The summed E-state index contributed by atoms with van der Waals surface area (Å²) in [6.45, 7) is 8.82. The highest BCUT2D eigenvalue weighted by Crippen LogP contribution is 2.34. The molecule has 164 valence electrons. The van der Waals surface area contributed by atoms with Crippen molar-refractivity contribution < 1.29 is 13.9 Å². The molecule has 31 heavy (non-hydrogen) atoms. The molecule has 1 fully saturated rings. The lowest BCUT2D eigenvalue weighted by molar-refractivity contribution is 0.0204. The Hall–Kier alpha value is -2.74. The first-order valence-electron chi connectivity index (χ1n) is 10.5. The molecule has 0 unspecified atom stereocenters. The van der Waals surface area contributed by atoms with Gasteiger partial charge in [0.15, 0.2) is 5.13 Å².